The Morgan fingerprint density at radius 3 is 2.66 bits per heavy atom. The smallest absolute Gasteiger partial charge is 0.414 e. The number of amides is 1. The Morgan fingerprint density at radius 2 is 1.95 bits per heavy atom. The van der Waals surface area contributed by atoms with Gasteiger partial charge in [-0.2, -0.15) is 0 Å². The van der Waals surface area contributed by atoms with Crippen molar-refractivity contribution in [1.82, 2.24) is 9.55 Å². The van der Waals surface area contributed by atoms with E-state index in [4.69, 9.17) is 26.1 Å². The number of carbonyl (C=O) groups excluding carboxylic acids is 2. The van der Waals surface area contributed by atoms with Crippen LogP contribution in [0.2, 0.25) is 5.02 Å². The number of benzene rings is 2. The molecule has 0 unspecified atom stereocenters. The van der Waals surface area contributed by atoms with Gasteiger partial charge < -0.3 is 19.1 Å². The van der Waals surface area contributed by atoms with E-state index in [1.54, 1.807) is 37.1 Å². The third-order valence-corrected chi connectivity index (χ3v) is 8.35. The van der Waals surface area contributed by atoms with Crippen LogP contribution >= 0.6 is 11.6 Å². The highest BCUT2D eigenvalue weighted by Gasteiger charge is 2.35. The number of methoxy groups -OCH3 is 2. The number of Topliss-reactive ketones (excluding diaryl/α,β-unsaturated/α-hetero) is 1. The highest BCUT2D eigenvalue weighted by Crippen LogP contribution is 2.42. The van der Waals surface area contributed by atoms with Crippen molar-refractivity contribution in [2.45, 2.75) is 70.6 Å². The molecule has 0 saturated heterocycles. The van der Waals surface area contributed by atoms with Crippen molar-refractivity contribution in [3.05, 3.63) is 52.3 Å². The molecule has 2 aliphatic rings. The summed E-state index contributed by atoms with van der Waals surface area (Å²) in [6.45, 7) is 3.67. The molecule has 1 fully saturated rings. The Morgan fingerprint density at radius 1 is 1.16 bits per heavy atom. The van der Waals surface area contributed by atoms with Crippen LogP contribution in [0.15, 0.2) is 30.3 Å². The van der Waals surface area contributed by atoms with Gasteiger partial charge in [-0.05, 0) is 81.8 Å². The van der Waals surface area contributed by atoms with Crippen LogP contribution in [-0.4, -0.2) is 46.8 Å². The number of aliphatic hydroxyl groups excluding tert-OH is 1. The van der Waals surface area contributed by atoms with E-state index >= 15 is 0 Å². The zero-order valence-corrected chi connectivity index (χ0v) is 23.0. The number of rotatable bonds is 5. The molecule has 1 aliphatic carbocycles. The Bertz CT molecular complexity index is 1390. The monoisotopic (exact) mass is 539 g/mol. The summed E-state index contributed by atoms with van der Waals surface area (Å²) in [6.07, 6.45) is 3.43. The van der Waals surface area contributed by atoms with Crippen molar-refractivity contribution in [3.63, 3.8) is 0 Å². The maximum absolute atomic E-state index is 12.7. The van der Waals surface area contributed by atoms with Crippen molar-refractivity contribution in [2.24, 2.45) is 5.92 Å². The van der Waals surface area contributed by atoms with E-state index in [0.29, 0.717) is 28.6 Å². The lowest BCUT2D eigenvalue weighted by atomic mass is 9.83. The summed E-state index contributed by atoms with van der Waals surface area (Å²) in [6, 6.07) is 9.09. The lowest BCUT2D eigenvalue weighted by Crippen LogP contribution is -2.42. The van der Waals surface area contributed by atoms with Crippen molar-refractivity contribution < 1.29 is 24.2 Å². The lowest BCUT2D eigenvalue weighted by Gasteiger charge is -2.34. The second-order valence-corrected chi connectivity index (χ2v) is 10.9. The van der Waals surface area contributed by atoms with E-state index in [1.807, 2.05) is 19.1 Å². The first kappa shape index (κ1) is 26.5. The van der Waals surface area contributed by atoms with Crippen LogP contribution in [0.1, 0.15) is 75.0 Å². The number of fused-ring (bicyclic) bond motifs is 3. The first-order valence-corrected chi connectivity index (χ1v) is 13.5. The maximum Gasteiger partial charge on any atom is 0.414 e. The van der Waals surface area contributed by atoms with Crippen LogP contribution in [0.3, 0.4) is 0 Å². The first-order chi connectivity index (χ1) is 18.2. The molecule has 0 radical (unpaired) electrons. The maximum atomic E-state index is 12.7. The van der Waals surface area contributed by atoms with Gasteiger partial charge in [0.05, 0.1) is 30.9 Å². The molecule has 5 rings (SSSR count). The minimum atomic E-state index is -1.07. The Balaban J connectivity index is 1.70. The fourth-order valence-electron chi connectivity index (χ4n) is 6.15. The lowest BCUT2D eigenvalue weighted by molar-refractivity contribution is -0.122. The summed E-state index contributed by atoms with van der Waals surface area (Å²) < 4.78 is 12.6. The van der Waals surface area contributed by atoms with Crippen molar-refractivity contribution in [3.8, 4) is 5.75 Å². The number of nitrogens with zero attached hydrogens (tertiary/aromatic N) is 3. The van der Waals surface area contributed by atoms with E-state index in [9.17, 15) is 14.7 Å². The second-order valence-electron chi connectivity index (χ2n) is 10.5. The normalized spacial score (nSPS) is 22.2. The molecule has 1 saturated carbocycles. The average Bonchev–Trinajstić information content (AvgIpc) is 3.31. The molecule has 4 atom stereocenters. The molecule has 3 aromatic rings. The number of anilines is 1. The van der Waals surface area contributed by atoms with Gasteiger partial charge in [0.25, 0.3) is 0 Å². The molecule has 1 aliphatic heterocycles. The van der Waals surface area contributed by atoms with Gasteiger partial charge in [0, 0.05) is 28.6 Å². The van der Waals surface area contributed by atoms with Crippen LogP contribution in [0.5, 0.6) is 5.75 Å². The molecule has 2 heterocycles. The topological polar surface area (TPSA) is 93.9 Å². The van der Waals surface area contributed by atoms with Gasteiger partial charge >= 0.3 is 6.09 Å². The number of ether oxygens (including phenoxy) is 2. The molecule has 2 aromatic carbocycles. The molecule has 1 amide bonds. The van der Waals surface area contributed by atoms with E-state index in [2.05, 4.69) is 4.57 Å². The molecule has 9 heteroatoms. The average molecular weight is 540 g/mol. The summed E-state index contributed by atoms with van der Waals surface area (Å²) in [5.74, 6) is 1.22. The molecular weight excluding hydrogens is 506 g/mol. The Labute approximate surface area is 227 Å². The number of halogens is 1. The van der Waals surface area contributed by atoms with Crippen LogP contribution in [0.4, 0.5) is 10.5 Å². The summed E-state index contributed by atoms with van der Waals surface area (Å²) in [5.41, 5.74) is 3.96. The predicted molar refractivity (Wildman–Crippen MR) is 146 cm³/mol. The fraction of sp³-hybridized carbons (Fsp3) is 0.483. The summed E-state index contributed by atoms with van der Waals surface area (Å²) >= 11 is 6.34. The number of hydrogen-bond acceptors (Lipinski definition) is 6. The van der Waals surface area contributed by atoms with E-state index in [1.165, 1.54) is 7.11 Å². The van der Waals surface area contributed by atoms with Gasteiger partial charge in [-0.1, -0.05) is 18.0 Å². The number of hydrogen-bond donors (Lipinski definition) is 1. The number of imidazole rings is 1. The van der Waals surface area contributed by atoms with E-state index < -0.39 is 12.2 Å². The van der Waals surface area contributed by atoms with Crippen LogP contribution in [0.25, 0.3) is 11.0 Å². The quantitative estimate of drug-likeness (QED) is 0.427. The van der Waals surface area contributed by atoms with Gasteiger partial charge in [-0.15, -0.1) is 0 Å². The number of aryl methyl sites for hydroxylation is 1. The molecule has 202 valence electrons. The van der Waals surface area contributed by atoms with Crippen molar-refractivity contribution in [2.75, 3.05) is 19.1 Å². The minimum Gasteiger partial charge on any atom is -0.497 e. The molecule has 1 aromatic heterocycles. The van der Waals surface area contributed by atoms with E-state index in [0.717, 1.165) is 54.4 Å². The van der Waals surface area contributed by atoms with Gasteiger partial charge in [-0.25, -0.2) is 9.78 Å². The third kappa shape index (κ3) is 4.64. The Hall–Kier alpha value is -3.10. The predicted octanol–water partition coefficient (Wildman–Crippen LogP) is 6.01. The minimum absolute atomic E-state index is 0.00524. The summed E-state index contributed by atoms with van der Waals surface area (Å²) in [7, 11) is 2.94. The van der Waals surface area contributed by atoms with Crippen LogP contribution < -0.4 is 9.64 Å². The van der Waals surface area contributed by atoms with Gasteiger partial charge in [-0.3, -0.25) is 9.69 Å². The van der Waals surface area contributed by atoms with Gasteiger partial charge in [0.1, 0.15) is 23.5 Å². The molecule has 8 nitrogen and oxygen atoms in total. The fourth-order valence-corrected chi connectivity index (χ4v) is 6.38. The molecule has 38 heavy (non-hydrogen) atoms. The van der Waals surface area contributed by atoms with Crippen LogP contribution in [0, 0.1) is 5.92 Å². The van der Waals surface area contributed by atoms with E-state index in [-0.39, 0.29) is 23.8 Å². The summed E-state index contributed by atoms with van der Waals surface area (Å²) in [4.78, 5) is 31.7. The zero-order valence-electron chi connectivity index (χ0n) is 22.2. The number of carbonyl (C=O) groups is 2. The number of ketones is 1. The van der Waals surface area contributed by atoms with Crippen LogP contribution in [-0.2, 0) is 16.0 Å². The highest BCUT2D eigenvalue weighted by atomic mass is 35.5. The molecule has 1 N–H and O–H groups in total. The first-order valence-electron chi connectivity index (χ1n) is 13.2. The van der Waals surface area contributed by atoms with Crippen molar-refractivity contribution >= 4 is 40.2 Å². The molecular formula is C29H34ClN3O5. The second kappa shape index (κ2) is 10.6. The summed E-state index contributed by atoms with van der Waals surface area (Å²) in [5, 5.41) is 12.2. The molecule has 0 spiro atoms. The number of aromatic nitrogens is 2. The third-order valence-electron chi connectivity index (χ3n) is 8.13. The Kier molecular flexibility index (Phi) is 7.38. The molecule has 0 bridgehead atoms. The largest absolute Gasteiger partial charge is 0.497 e. The zero-order chi connectivity index (χ0) is 27.1. The SMILES string of the molecule is COC(=O)N1c2ccc3c(nc([C@H](O)c4cc(Cl)cc(OC)c4)n3[C@@H]3CCC[C@@H](C(C)=O)C3)c2CC[C@@H]1C. The number of aliphatic hydroxyl groups is 1. The standard InChI is InChI=1S/C29H34ClN3O5/c1-16-8-9-23-24(32(16)29(36)38-4)10-11-25-26(23)31-28(27(35)19-12-20(30)15-22(14-19)37-3)33(25)21-7-5-6-18(13-21)17(2)34/h10-12,14-16,18,21,27,35H,5-9,13H2,1-4H3/t16-,18+,21+,27+/m0/s1. The van der Waals surface area contributed by atoms with Crippen molar-refractivity contribution in [1.29, 1.82) is 0 Å². The van der Waals surface area contributed by atoms with Gasteiger partial charge in [0.2, 0.25) is 0 Å². The highest BCUT2D eigenvalue weighted by molar-refractivity contribution is 6.30. The van der Waals surface area contributed by atoms with Gasteiger partial charge in [0.15, 0.2) is 0 Å².